The first-order chi connectivity index (χ1) is 8.33. The van der Waals surface area contributed by atoms with Crippen LogP contribution in [0.4, 0.5) is 0 Å². The highest BCUT2D eigenvalue weighted by atomic mass is 16.5. The standard InChI is InChI=1S/C12H19N3O2/c16-9-6-10(13-7-9)12-14-11(15-17-12)8-4-2-1-3-5-8/h8-10,13,16H,1-7H2/t9-,10+/m0/s1. The number of hydrogen-bond acceptors (Lipinski definition) is 5. The molecule has 0 radical (unpaired) electrons. The van der Waals surface area contributed by atoms with Gasteiger partial charge in [0.25, 0.3) is 0 Å². The maximum Gasteiger partial charge on any atom is 0.243 e. The Bertz CT molecular complexity index is 354. The van der Waals surface area contributed by atoms with Crippen molar-refractivity contribution in [2.45, 2.75) is 56.6 Å². The third-order valence-electron chi connectivity index (χ3n) is 3.83. The summed E-state index contributed by atoms with van der Waals surface area (Å²) in [6, 6.07) is 0.0369. The van der Waals surface area contributed by atoms with E-state index < -0.39 is 0 Å². The molecule has 0 amide bonds. The maximum absolute atomic E-state index is 9.46. The van der Waals surface area contributed by atoms with Gasteiger partial charge in [-0.15, -0.1) is 0 Å². The number of nitrogens with one attached hydrogen (secondary N) is 1. The van der Waals surface area contributed by atoms with E-state index in [4.69, 9.17) is 4.52 Å². The summed E-state index contributed by atoms with van der Waals surface area (Å²) in [5.41, 5.74) is 0. The number of aliphatic hydroxyl groups excluding tert-OH is 1. The van der Waals surface area contributed by atoms with E-state index in [1.54, 1.807) is 0 Å². The van der Waals surface area contributed by atoms with Gasteiger partial charge in [-0.25, -0.2) is 0 Å². The highest BCUT2D eigenvalue weighted by molar-refractivity contribution is 5.01. The number of hydrogen-bond donors (Lipinski definition) is 2. The molecule has 0 spiro atoms. The molecule has 0 aromatic carbocycles. The SMILES string of the molecule is O[C@@H]1CN[C@@H](c2nc(C3CCCCC3)no2)C1. The number of nitrogens with zero attached hydrogens (tertiary/aromatic N) is 2. The van der Waals surface area contributed by atoms with Crippen molar-refractivity contribution in [2.75, 3.05) is 6.54 Å². The Morgan fingerprint density at radius 1 is 1.24 bits per heavy atom. The minimum absolute atomic E-state index is 0.0369. The zero-order valence-electron chi connectivity index (χ0n) is 9.93. The molecule has 2 aliphatic rings. The van der Waals surface area contributed by atoms with Crippen molar-refractivity contribution >= 4 is 0 Å². The molecule has 2 atom stereocenters. The van der Waals surface area contributed by atoms with Crippen LogP contribution in [0.2, 0.25) is 0 Å². The molecule has 1 aromatic heterocycles. The zero-order chi connectivity index (χ0) is 11.7. The van der Waals surface area contributed by atoms with Crippen LogP contribution in [-0.2, 0) is 0 Å². The summed E-state index contributed by atoms with van der Waals surface area (Å²) in [4.78, 5) is 4.50. The topological polar surface area (TPSA) is 71.2 Å². The van der Waals surface area contributed by atoms with Gasteiger partial charge < -0.3 is 14.9 Å². The van der Waals surface area contributed by atoms with E-state index in [1.807, 2.05) is 0 Å². The van der Waals surface area contributed by atoms with Crippen LogP contribution in [-0.4, -0.2) is 27.9 Å². The van der Waals surface area contributed by atoms with E-state index in [-0.39, 0.29) is 12.1 Å². The second-order valence-corrected chi connectivity index (χ2v) is 5.18. The van der Waals surface area contributed by atoms with Gasteiger partial charge in [-0.1, -0.05) is 24.4 Å². The Labute approximate surface area is 101 Å². The average molecular weight is 237 g/mol. The predicted octanol–water partition coefficient (Wildman–Crippen LogP) is 1.51. The van der Waals surface area contributed by atoms with Crippen molar-refractivity contribution in [3.05, 3.63) is 11.7 Å². The first kappa shape index (κ1) is 11.2. The summed E-state index contributed by atoms with van der Waals surface area (Å²) < 4.78 is 5.32. The lowest BCUT2D eigenvalue weighted by Crippen LogP contribution is -2.15. The third-order valence-corrected chi connectivity index (χ3v) is 3.83. The Morgan fingerprint density at radius 3 is 2.76 bits per heavy atom. The number of aliphatic hydroxyl groups is 1. The average Bonchev–Trinajstić information content (AvgIpc) is 2.98. The number of aromatic nitrogens is 2. The highest BCUT2D eigenvalue weighted by Gasteiger charge is 2.29. The summed E-state index contributed by atoms with van der Waals surface area (Å²) in [6.07, 6.45) is 6.62. The van der Waals surface area contributed by atoms with E-state index in [0.717, 1.165) is 5.82 Å². The van der Waals surface area contributed by atoms with Crippen LogP contribution in [0.5, 0.6) is 0 Å². The normalized spacial score (nSPS) is 30.9. The van der Waals surface area contributed by atoms with Crippen LogP contribution in [0.3, 0.4) is 0 Å². The van der Waals surface area contributed by atoms with Crippen molar-refractivity contribution in [1.29, 1.82) is 0 Å². The van der Waals surface area contributed by atoms with Gasteiger partial charge in [0.2, 0.25) is 5.89 Å². The van der Waals surface area contributed by atoms with E-state index in [0.29, 0.717) is 24.8 Å². The Kier molecular flexibility index (Phi) is 3.11. The van der Waals surface area contributed by atoms with E-state index in [9.17, 15) is 5.11 Å². The van der Waals surface area contributed by atoms with Gasteiger partial charge in [0.05, 0.1) is 12.1 Å². The fraction of sp³-hybridized carbons (Fsp3) is 0.833. The number of β-amino-alcohol motifs (C(OH)–C–C–N with tert-alkyl or cyclic N) is 1. The smallest absolute Gasteiger partial charge is 0.243 e. The maximum atomic E-state index is 9.46. The zero-order valence-corrected chi connectivity index (χ0v) is 9.93. The minimum Gasteiger partial charge on any atom is -0.392 e. The van der Waals surface area contributed by atoms with Crippen LogP contribution in [0, 0.1) is 0 Å². The third kappa shape index (κ3) is 2.35. The second-order valence-electron chi connectivity index (χ2n) is 5.18. The monoisotopic (exact) mass is 237 g/mol. The van der Waals surface area contributed by atoms with Gasteiger partial charge in [-0.2, -0.15) is 4.98 Å². The van der Waals surface area contributed by atoms with Crippen molar-refractivity contribution in [3.8, 4) is 0 Å². The molecule has 5 heteroatoms. The molecule has 1 saturated heterocycles. The largest absolute Gasteiger partial charge is 0.392 e. The first-order valence-corrected chi connectivity index (χ1v) is 6.58. The van der Waals surface area contributed by atoms with Crippen LogP contribution in [0.1, 0.15) is 62.2 Å². The first-order valence-electron chi connectivity index (χ1n) is 6.58. The summed E-state index contributed by atoms with van der Waals surface area (Å²) >= 11 is 0. The van der Waals surface area contributed by atoms with Gasteiger partial charge in [0.15, 0.2) is 5.82 Å². The van der Waals surface area contributed by atoms with Crippen LogP contribution < -0.4 is 5.32 Å². The summed E-state index contributed by atoms with van der Waals surface area (Å²) in [6.45, 7) is 0.617. The van der Waals surface area contributed by atoms with Gasteiger partial charge in [0, 0.05) is 12.5 Å². The molecule has 0 bridgehead atoms. The molecule has 1 aromatic rings. The van der Waals surface area contributed by atoms with E-state index in [2.05, 4.69) is 15.5 Å². The fourth-order valence-corrected chi connectivity index (χ4v) is 2.82. The Balaban J connectivity index is 1.69. The van der Waals surface area contributed by atoms with E-state index >= 15 is 0 Å². The fourth-order valence-electron chi connectivity index (χ4n) is 2.82. The van der Waals surface area contributed by atoms with E-state index in [1.165, 1.54) is 32.1 Å². The second kappa shape index (κ2) is 4.74. The number of rotatable bonds is 2. The predicted molar refractivity (Wildman–Crippen MR) is 61.5 cm³/mol. The molecular weight excluding hydrogens is 218 g/mol. The van der Waals surface area contributed by atoms with Gasteiger partial charge in [-0.3, -0.25) is 0 Å². The molecule has 17 heavy (non-hydrogen) atoms. The minimum atomic E-state index is -0.287. The van der Waals surface area contributed by atoms with Crippen LogP contribution >= 0.6 is 0 Å². The molecule has 2 heterocycles. The highest BCUT2D eigenvalue weighted by Crippen LogP contribution is 2.32. The Morgan fingerprint density at radius 2 is 2.06 bits per heavy atom. The van der Waals surface area contributed by atoms with Crippen molar-refractivity contribution in [3.63, 3.8) is 0 Å². The molecule has 1 aliphatic carbocycles. The van der Waals surface area contributed by atoms with Gasteiger partial charge in [0.1, 0.15) is 0 Å². The van der Waals surface area contributed by atoms with Gasteiger partial charge >= 0.3 is 0 Å². The van der Waals surface area contributed by atoms with Crippen molar-refractivity contribution in [1.82, 2.24) is 15.5 Å². The Hall–Kier alpha value is -0.940. The van der Waals surface area contributed by atoms with Crippen LogP contribution in [0.25, 0.3) is 0 Å². The summed E-state index contributed by atoms with van der Waals surface area (Å²) in [5, 5.41) is 16.8. The summed E-state index contributed by atoms with van der Waals surface area (Å²) in [7, 11) is 0. The quantitative estimate of drug-likeness (QED) is 0.816. The molecule has 94 valence electrons. The lowest BCUT2D eigenvalue weighted by Gasteiger charge is -2.17. The molecule has 2 fully saturated rings. The molecule has 5 nitrogen and oxygen atoms in total. The molecule has 3 rings (SSSR count). The molecule has 0 unspecified atom stereocenters. The van der Waals surface area contributed by atoms with Gasteiger partial charge in [-0.05, 0) is 19.3 Å². The molecule has 1 saturated carbocycles. The molecular formula is C12H19N3O2. The molecule has 2 N–H and O–H groups in total. The molecule has 1 aliphatic heterocycles. The van der Waals surface area contributed by atoms with Crippen molar-refractivity contribution < 1.29 is 9.63 Å². The lowest BCUT2D eigenvalue weighted by molar-refractivity contribution is 0.191. The van der Waals surface area contributed by atoms with Crippen LogP contribution in [0.15, 0.2) is 4.52 Å². The summed E-state index contributed by atoms with van der Waals surface area (Å²) in [5.74, 6) is 1.98. The lowest BCUT2D eigenvalue weighted by atomic mass is 9.89. The van der Waals surface area contributed by atoms with Crippen molar-refractivity contribution in [2.24, 2.45) is 0 Å².